The number of anilines is 2. The van der Waals surface area contributed by atoms with Crippen molar-refractivity contribution in [3.05, 3.63) is 138 Å². The highest BCUT2D eigenvalue weighted by atomic mass is 35.5. The van der Waals surface area contributed by atoms with Crippen LogP contribution in [0, 0.1) is 0 Å². The third kappa shape index (κ3) is 4.80. The quantitative estimate of drug-likeness (QED) is 0.247. The molecule has 1 saturated heterocycles. The molecule has 1 atom stereocenters. The monoisotopic (exact) mass is 586 g/mol. The third-order valence-electron chi connectivity index (χ3n) is 8.37. The van der Waals surface area contributed by atoms with Crippen LogP contribution in [-0.4, -0.2) is 50.8 Å². The van der Waals surface area contributed by atoms with E-state index in [1.165, 1.54) is 5.69 Å². The van der Waals surface area contributed by atoms with Gasteiger partial charge in [0.1, 0.15) is 5.82 Å². The number of nitrogens with zero attached hydrogens (tertiary/aromatic N) is 6. The highest BCUT2D eigenvalue weighted by molar-refractivity contribution is 6.39. The molecular weight excluding hydrogens is 556 g/mol. The van der Waals surface area contributed by atoms with Crippen LogP contribution in [0.1, 0.15) is 16.8 Å². The van der Waals surface area contributed by atoms with Crippen molar-refractivity contribution in [2.24, 2.45) is 7.05 Å². The van der Waals surface area contributed by atoms with Crippen LogP contribution in [0.3, 0.4) is 0 Å². The summed E-state index contributed by atoms with van der Waals surface area (Å²) in [5, 5.41) is 13.8. The lowest BCUT2D eigenvalue weighted by Gasteiger charge is -2.38. The number of benzene rings is 3. The van der Waals surface area contributed by atoms with Crippen LogP contribution in [0.25, 0.3) is 22.0 Å². The zero-order chi connectivity index (χ0) is 29.4. The van der Waals surface area contributed by atoms with Gasteiger partial charge in [-0.05, 0) is 53.1 Å². The second-order valence-corrected chi connectivity index (χ2v) is 11.2. The number of aromatic nitrogens is 4. The SMILES string of the molecule is Cn1cncc1C(O)(c1ccncc1)c1ccc2nc(N3CCN(c4ccccc4)CC3)c(-c3ccccc3)c(Cl)c2c1. The first-order valence-corrected chi connectivity index (χ1v) is 14.8. The van der Waals surface area contributed by atoms with Crippen LogP contribution < -0.4 is 9.80 Å². The first kappa shape index (κ1) is 27.1. The Hall–Kier alpha value is -4.72. The zero-order valence-corrected chi connectivity index (χ0v) is 24.6. The summed E-state index contributed by atoms with van der Waals surface area (Å²) in [5.41, 5.74) is 4.42. The number of aliphatic hydroxyl groups is 1. The Bertz CT molecular complexity index is 1870. The van der Waals surface area contributed by atoms with E-state index in [2.05, 4.69) is 56.2 Å². The van der Waals surface area contributed by atoms with Gasteiger partial charge in [-0.25, -0.2) is 9.97 Å². The van der Waals surface area contributed by atoms with Crippen LogP contribution in [-0.2, 0) is 12.6 Å². The maximum atomic E-state index is 12.4. The van der Waals surface area contributed by atoms with Crippen molar-refractivity contribution in [1.82, 2.24) is 19.5 Å². The molecule has 6 aromatic rings. The summed E-state index contributed by atoms with van der Waals surface area (Å²) >= 11 is 7.36. The molecule has 0 amide bonds. The van der Waals surface area contributed by atoms with E-state index in [1.54, 1.807) is 24.9 Å². The second kappa shape index (κ2) is 11.2. The largest absolute Gasteiger partial charge is 0.374 e. The maximum absolute atomic E-state index is 12.4. The highest BCUT2D eigenvalue weighted by Gasteiger charge is 2.37. The van der Waals surface area contributed by atoms with E-state index in [4.69, 9.17) is 16.6 Å². The molecule has 1 aliphatic rings. The standard InChI is InChI=1S/C35H31ClN6O/c1-40-24-38-23-31(40)35(43,26-14-16-37-17-15-26)27-12-13-30-29(22-27)33(36)32(25-8-4-2-5-9-25)34(39-30)42-20-18-41(19-21-42)28-10-6-3-7-11-28/h2-17,22-24,43H,18-21H2,1H3. The summed E-state index contributed by atoms with van der Waals surface area (Å²) in [4.78, 5) is 18.4. The molecule has 214 valence electrons. The van der Waals surface area contributed by atoms with Gasteiger partial charge in [0.25, 0.3) is 0 Å². The van der Waals surface area contributed by atoms with Gasteiger partial charge in [0.05, 0.1) is 28.8 Å². The number of piperazine rings is 1. The summed E-state index contributed by atoms with van der Waals surface area (Å²) in [6, 6.07) is 30.2. The summed E-state index contributed by atoms with van der Waals surface area (Å²) < 4.78 is 1.83. The summed E-state index contributed by atoms with van der Waals surface area (Å²) in [5.74, 6) is 0.875. The molecule has 43 heavy (non-hydrogen) atoms. The normalized spacial score (nSPS) is 15.0. The van der Waals surface area contributed by atoms with Crippen LogP contribution in [0.15, 0.2) is 116 Å². The second-order valence-electron chi connectivity index (χ2n) is 10.9. The van der Waals surface area contributed by atoms with Crippen molar-refractivity contribution in [3.63, 3.8) is 0 Å². The van der Waals surface area contributed by atoms with Crippen LogP contribution in [0.5, 0.6) is 0 Å². The Morgan fingerprint density at radius 3 is 2.12 bits per heavy atom. The van der Waals surface area contributed by atoms with E-state index in [0.29, 0.717) is 21.8 Å². The van der Waals surface area contributed by atoms with Gasteiger partial charge in [0, 0.05) is 62.3 Å². The molecule has 4 heterocycles. The Balaban J connectivity index is 1.36. The van der Waals surface area contributed by atoms with Gasteiger partial charge < -0.3 is 19.5 Å². The molecule has 0 radical (unpaired) electrons. The average molecular weight is 587 g/mol. The minimum Gasteiger partial charge on any atom is -0.374 e. The molecule has 3 aromatic carbocycles. The summed E-state index contributed by atoms with van der Waals surface area (Å²) in [7, 11) is 1.88. The molecule has 1 N–H and O–H groups in total. The number of fused-ring (bicyclic) bond motifs is 1. The molecule has 1 unspecified atom stereocenters. The Kier molecular flexibility index (Phi) is 7.05. The van der Waals surface area contributed by atoms with E-state index in [1.807, 2.05) is 66.2 Å². The smallest absolute Gasteiger partial charge is 0.157 e. The highest BCUT2D eigenvalue weighted by Crippen LogP contribution is 2.43. The van der Waals surface area contributed by atoms with E-state index in [0.717, 1.165) is 54.0 Å². The first-order chi connectivity index (χ1) is 21.0. The number of halogens is 1. The number of imidazole rings is 1. The Morgan fingerprint density at radius 2 is 1.44 bits per heavy atom. The van der Waals surface area contributed by atoms with Gasteiger partial charge in [0.15, 0.2) is 5.60 Å². The molecule has 0 aliphatic carbocycles. The van der Waals surface area contributed by atoms with Gasteiger partial charge in [-0.15, -0.1) is 0 Å². The number of para-hydroxylation sites is 1. The van der Waals surface area contributed by atoms with Crippen molar-refractivity contribution in [2.45, 2.75) is 5.60 Å². The number of pyridine rings is 2. The number of hydrogen-bond acceptors (Lipinski definition) is 6. The van der Waals surface area contributed by atoms with E-state index >= 15 is 0 Å². The van der Waals surface area contributed by atoms with Crippen molar-refractivity contribution in [2.75, 3.05) is 36.0 Å². The number of rotatable bonds is 6. The molecule has 1 aliphatic heterocycles. The van der Waals surface area contributed by atoms with Gasteiger partial charge in [0.2, 0.25) is 0 Å². The van der Waals surface area contributed by atoms with Crippen LogP contribution in [0.2, 0.25) is 5.02 Å². The van der Waals surface area contributed by atoms with Crippen LogP contribution >= 0.6 is 11.6 Å². The maximum Gasteiger partial charge on any atom is 0.157 e. The molecule has 8 heteroatoms. The molecule has 0 saturated carbocycles. The third-order valence-corrected chi connectivity index (χ3v) is 8.76. The number of hydrogen-bond donors (Lipinski definition) is 1. The lowest BCUT2D eigenvalue weighted by atomic mass is 9.83. The van der Waals surface area contributed by atoms with E-state index < -0.39 is 5.60 Å². The first-order valence-electron chi connectivity index (χ1n) is 14.4. The van der Waals surface area contributed by atoms with Gasteiger partial charge >= 0.3 is 0 Å². The van der Waals surface area contributed by atoms with E-state index in [-0.39, 0.29) is 0 Å². The fourth-order valence-electron chi connectivity index (χ4n) is 6.10. The van der Waals surface area contributed by atoms with Crippen molar-refractivity contribution >= 4 is 34.0 Å². The predicted molar refractivity (Wildman–Crippen MR) is 173 cm³/mol. The van der Waals surface area contributed by atoms with Crippen molar-refractivity contribution < 1.29 is 5.11 Å². The average Bonchev–Trinajstić information content (AvgIpc) is 3.51. The molecule has 1 fully saturated rings. The molecular formula is C35H31ClN6O. The molecule has 0 bridgehead atoms. The van der Waals surface area contributed by atoms with Gasteiger partial charge in [-0.2, -0.15) is 0 Å². The molecule has 7 nitrogen and oxygen atoms in total. The Labute approximate surface area is 255 Å². The fourth-order valence-corrected chi connectivity index (χ4v) is 6.45. The zero-order valence-electron chi connectivity index (χ0n) is 23.8. The topological polar surface area (TPSA) is 70.3 Å². The Morgan fingerprint density at radius 1 is 0.767 bits per heavy atom. The summed E-state index contributed by atoms with van der Waals surface area (Å²) in [6.45, 7) is 3.42. The van der Waals surface area contributed by atoms with Crippen LogP contribution in [0.4, 0.5) is 11.5 Å². The van der Waals surface area contributed by atoms with Gasteiger partial charge in [-0.3, -0.25) is 4.98 Å². The molecule has 7 rings (SSSR count). The lowest BCUT2D eigenvalue weighted by Crippen LogP contribution is -2.47. The molecule has 3 aromatic heterocycles. The van der Waals surface area contributed by atoms with Gasteiger partial charge in [-0.1, -0.05) is 66.2 Å². The summed E-state index contributed by atoms with van der Waals surface area (Å²) in [6.07, 6.45) is 6.75. The lowest BCUT2D eigenvalue weighted by molar-refractivity contribution is 0.117. The predicted octanol–water partition coefficient (Wildman–Crippen LogP) is 6.29. The molecule has 0 spiro atoms. The van der Waals surface area contributed by atoms with Crippen molar-refractivity contribution in [3.8, 4) is 11.1 Å². The fraction of sp³-hybridized carbons (Fsp3) is 0.171. The minimum atomic E-state index is -1.48. The minimum absolute atomic E-state index is 0.612. The number of aryl methyl sites for hydroxylation is 1. The van der Waals surface area contributed by atoms with Crippen molar-refractivity contribution in [1.29, 1.82) is 0 Å². The van der Waals surface area contributed by atoms with E-state index in [9.17, 15) is 5.11 Å².